The summed E-state index contributed by atoms with van der Waals surface area (Å²) >= 11 is 0. The van der Waals surface area contributed by atoms with Gasteiger partial charge in [0.15, 0.2) is 0 Å². The van der Waals surface area contributed by atoms with Gasteiger partial charge in [-0.05, 0) is 32.4 Å². The Kier molecular flexibility index (Phi) is 2.71. The van der Waals surface area contributed by atoms with Crippen LogP contribution < -0.4 is 21.9 Å². The lowest BCUT2D eigenvalue weighted by Gasteiger charge is -2.22. The highest BCUT2D eigenvalue weighted by atomic mass is 16.1. The molecular formula is C12H15N5O. The first kappa shape index (κ1) is 11.5. The Labute approximate surface area is 105 Å². The Bertz CT molecular complexity index is 535. The maximum atomic E-state index is 12.0. The number of fused-ring (bicyclic) bond motifs is 1. The molecule has 0 radical (unpaired) electrons. The molecule has 1 amide bonds. The number of dihydropyridines is 1. The van der Waals surface area contributed by atoms with Gasteiger partial charge >= 0.3 is 0 Å². The maximum absolute atomic E-state index is 12.0. The summed E-state index contributed by atoms with van der Waals surface area (Å²) in [5.41, 5.74) is 16.2. The number of carbonyl (C=O) groups excluding carboxylic acids is 1. The Balaban J connectivity index is 1.99. The van der Waals surface area contributed by atoms with Gasteiger partial charge in [-0.2, -0.15) is 11.1 Å². The molecule has 3 aliphatic rings. The van der Waals surface area contributed by atoms with Crippen LogP contribution in [0.2, 0.25) is 0 Å². The van der Waals surface area contributed by atoms with Crippen LogP contribution in [0.4, 0.5) is 0 Å². The van der Waals surface area contributed by atoms with Gasteiger partial charge in [-0.1, -0.05) is 11.1 Å². The molecule has 1 aliphatic carbocycles. The zero-order valence-electron chi connectivity index (χ0n) is 10.3. The summed E-state index contributed by atoms with van der Waals surface area (Å²) < 4.78 is 0. The lowest BCUT2D eigenvalue weighted by molar-refractivity contribution is -0.114. The lowest BCUT2D eigenvalue weighted by atomic mass is 9.88. The molecule has 94 valence electrons. The summed E-state index contributed by atoms with van der Waals surface area (Å²) in [6, 6.07) is 0. The Morgan fingerprint density at radius 2 is 1.94 bits per heavy atom. The monoisotopic (exact) mass is 245 g/mol. The minimum atomic E-state index is -0.268. The summed E-state index contributed by atoms with van der Waals surface area (Å²) in [5.74, 6) is -0.206. The Morgan fingerprint density at radius 1 is 1.22 bits per heavy atom. The van der Waals surface area contributed by atoms with E-state index in [-0.39, 0.29) is 12.1 Å². The van der Waals surface area contributed by atoms with E-state index in [2.05, 4.69) is 40.8 Å². The lowest BCUT2D eigenvalue weighted by Crippen LogP contribution is -2.39. The van der Waals surface area contributed by atoms with Gasteiger partial charge in [0.2, 0.25) is 0 Å². The molecule has 1 saturated heterocycles. The number of amides is 1. The molecule has 0 aromatic carbocycles. The van der Waals surface area contributed by atoms with Crippen LogP contribution in [0.25, 0.3) is 0 Å². The molecule has 0 spiro atoms. The zero-order chi connectivity index (χ0) is 12.7. The molecule has 0 aromatic heterocycles. The van der Waals surface area contributed by atoms with Crippen molar-refractivity contribution in [2.75, 3.05) is 0 Å². The average molecular weight is 245 g/mol. The molecule has 1 fully saturated rings. The molecule has 18 heavy (non-hydrogen) atoms. The van der Waals surface area contributed by atoms with Crippen molar-refractivity contribution in [2.24, 2.45) is 4.99 Å². The minimum Gasteiger partial charge on any atom is -0.267 e. The van der Waals surface area contributed by atoms with Crippen LogP contribution in [0.15, 0.2) is 39.4 Å². The number of hydrogen-bond donors (Lipinski definition) is 4. The number of carbonyl (C=O) groups is 1. The van der Waals surface area contributed by atoms with Crippen molar-refractivity contribution < 1.29 is 4.79 Å². The van der Waals surface area contributed by atoms with Crippen LogP contribution in [0.5, 0.6) is 0 Å². The fraction of sp³-hybridized carbons (Fsp3) is 0.333. The van der Waals surface area contributed by atoms with Gasteiger partial charge in [-0.25, -0.2) is 15.8 Å². The van der Waals surface area contributed by atoms with Crippen molar-refractivity contribution in [3.05, 3.63) is 34.4 Å². The summed E-state index contributed by atoms with van der Waals surface area (Å²) in [5, 5.41) is 0. The summed E-state index contributed by atoms with van der Waals surface area (Å²) in [4.78, 5) is 16.2. The topological polar surface area (TPSA) is 77.5 Å². The van der Waals surface area contributed by atoms with E-state index in [0.717, 1.165) is 17.7 Å². The van der Waals surface area contributed by atoms with Crippen molar-refractivity contribution in [3.63, 3.8) is 0 Å². The van der Waals surface area contributed by atoms with Crippen molar-refractivity contribution in [1.82, 2.24) is 21.9 Å². The van der Waals surface area contributed by atoms with Crippen LogP contribution in [0.3, 0.4) is 0 Å². The molecule has 6 heteroatoms. The predicted molar refractivity (Wildman–Crippen MR) is 67.9 cm³/mol. The van der Waals surface area contributed by atoms with Crippen molar-refractivity contribution in [2.45, 2.75) is 26.4 Å². The first-order chi connectivity index (χ1) is 8.65. The van der Waals surface area contributed by atoms with E-state index in [0.29, 0.717) is 5.57 Å². The standard InChI is InChI=1S/C12H15N5O/c1-6-3-7(2)8-5-9(11-14-16-17-15-11)12(18)13-10(8)4-6/h4-5,11,14-17H,3H2,1-2H3. The molecular weight excluding hydrogens is 230 g/mol. The molecule has 0 atom stereocenters. The van der Waals surface area contributed by atoms with Crippen LogP contribution in [0, 0.1) is 0 Å². The highest BCUT2D eigenvalue weighted by Crippen LogP contribution is 2.27. The van der Waals surface area contributed by atoms with Crippen molar-refractivity contribution in [3.8, 4) is 0 Å². The fourth-order valence-corrected chi connectivity index (χ4v) is 2.39. The van der Waals surface area contributed by atoms with Crippen LogP contribution in [-0.4, -0.2) is 17.8 Å². The number of nitrogens with zero attached hydrogens (tertiary/aromatic N) is 1. The molecule has 2 heterocycles. The second kappa shape index (κ2) is 4.25. The largest absolute Gasteiger partial charge is 0.276 e. The zero-order valence-corrected chi connectivity index (χ0v) is 10.3. The van der Waals surface area contributed by atoms with E-state index in [1.807, 2.05) is 12.2 Å². The van der Waals surface area contributed by atoms with Gasteiger partial charge in [0.1, 0.15) is 6.17 Å². The first-order valence-electron chi connectivity index (χ1n) is 5.88. The van der Waals surface area contributed by atoms with E-state index in [1.54, 1.807) is 0 Å². The number of rotatable bonds is 1. The number of hydrogen-bond acceptors (Lipinski definition) is 5. The summed E-state index contributed by atoms with van der Waals surface area (Å²) in [7, 11) is 0. The van der Waals surface area contributed by atoms with Gasteiger partial charge < -0.3 is 0 Å². The van der Waals surface area contributed by atoms with Gasteiger partial charge in [-0.3, -0.25) is 4.79 Å². The van der Waals surface area contributed by atoms with E-state index >= 15 is 0 Å². The SMILES string of the molecule is CC1=CC2=NC(=O)C(C3NNNN3)=CC2=C(C)C1. The number of aliphatic imine (C=N–C) groups is 1. The third-order valence-electron chi connectivity index (χ3n) is 3.24. The van der Waals surface area contributed by atoms with E-state index in [1.165, 1.54) is 11.1 Å². The van der Waals surface area contributed by atoms with Gasteiger partial charge in [0.25, 0.3) is 5.91 Å². The van der Waals surface area contributed by atoms with E-state index in [4.69, 9.17) is 0 Å². The normalized spacial score (nSPS) is 24.8. The van der Waals surface area contributed by atoms with Gasteiger partial charge in [0.05, 0.1) is 11.3 Å². The minimum absolute atomic E-state index is 0.206. The van der Waals surface area contributed by atoms with E-state index in [9.17, 15) is 4.79 Å². The van der Waals surface area contributed by atoms with Gasteiger partial charge in [-0.15, -0.1) is 0 Å². The number of hydrazine groups is 3. The fourth-order valence-electron chi connectivity index (χ4n) is 2.39. The molecule has 3 rings (SSSR count). The second-order valence-corrected chi connectivity index (χ2v) is 4.74. The summed E-state index contributed by atoms with van der Waals surface area (Å²) in [6.07, 6.45) is 4.57. The first-order valence-corrected chi connectivity index (χ1v) is 5.88. The predicted octanol–water partition coefficient (Wildman–Crippen LogP) is 0.00360. The Hall–Kier alpha value is -1.60. The molecule has 0 unspecified atom stereocenters. The Morgan fingerprint density at radius 3 is 2.67 bits per heavy atom. The number of allylic oxidation sites excluding steroid dienone is 5. The average Bonchev–Trinajstić information content (AvgIpc) is 2.81. The molecule has 0 aromatic rings. The summed E-state index contributed by atoms with van der Waals surface area (Å²) in [6.45, 7) is 4.14. The van der Waals surface area contributed by atoms with Crippen molar-refractivity contribution >= 4 is 11.6 Å². The molecule has 0 bridgehead atoms. The van der Waals surface area contributed by atoms with E-state index < -0.39 is 0 Å². The smallest absolute Gasteiger partial charge is 0.267 e. The highest BCUT2D eigenvalue weighted by Gasteiger charge is 2.29. The number of nitrogens with one attached hydrogen (secondary N) is 4. The highest BCUT2D eigenvalue weighted by molar-refractivity contribution is 6.21. The second-order valence-electron chi connectivity index (χ2n) is 4.74. The molecule has 6 nitrogen and oxygen atoms in total. The third kappa shape index (κ3) is 1.85. The van der Waals surface area contributed by atoms with Crippen LogP contribution >= 0.6 is 0 Å². The van der Waals surface area contributed by atoms with Gasteiger partial charge in [0, 0.05) is 5.57 Å². The van der Waals surface area contributed by atoms with Crippen molar-refractivity contribution in [1.29, 1.82) is 0 Å². The molecule has 2 aliphatic heterocycles. The molecule has 4 N–H and O–H groups in total. The third-order valence-corrected chi connectivity index (χ3v) is 3.24. The maximum Gasteiger partial charge on any atom is 0.276 e. The van der Waals surface area contributed by atoms with Crippen LogP contribution in [-0.2, 0) is 4.79 Å². The quantitative estimate of drug-likeness (QED) is 0.523. The van der Waals surface area contributed by atoms with Crippen LogP contribution in [0.1, 0.15) is 20.3 Å². The molecule has 0 saturated carbocycles.